The van der Waals surface area contributed by atoms with Gasteiger partial charge in [0.15, 0.2) is 9.84 Å². The fourth-order valence-electron chi connectivity index (χ4n) is 0.417. The van der Waals surface area contributed by atoms with Crippen molar-refractivity contribution in [2.75, 3.05) is 7.11 Å². The van der Waals surface area contributed by atoms with Gasteiger partial charge in [0.1, 0.15) is 0 Å². The lowest BCUT2D eigenvalue weighted by molar-refractivity contribution is -0.134. The smallest absolute Gasteiger partial charge is 0.331 e. The Bertz CT molecular complexity index is 306. The zero-order valence-corrected chi connectivity index (χ0v) is 9.01. The highest BCUT2D eigenvalue weighted by Crippen LogP contribution is 2.16. The zero-order valence-electron chi connectivity index (χ0n) is 8.20. The minimum Gasteiger partial charge on any atom is -0.466 e. The number of hydrogen-bond donors (Lipinski definition) is 0. The van der Waals surface area contributed by atoms with E-state index >= 15 is 0 Å². The van der Waals surface area contributed by atoms with Gasteiger partial charge in [-0.3, -0.25) is 0 Å². The van der Waals surface area contributed by atoms with Crippen LogP contribution in [0.25, 0.3) is 0 Å². The molecule has 4 nitrogen and oxygen atoms in total. The molecule has 76 valence electrons. The maximum Gasteiger partial charge on any atom is 0.331 e. The maximum atomic E-state index is 11.4. The molecule has 0 aliphatic heterocycles. The Morgan fingerprint density at radius 1 is 1.31 bits per heavy atom. The highest BCUT2D eigenvalue weighted by molar-refractivity contribution is 7.95. The van der Waals surface area contributed by atoms with Crippen molar-refractivity contribution >= 4 is 15.8 Å². The van der Waals surface area contributed by atoms with E-state index in [0.29, 0.717) is 0 Å². The summed E-state index contributed by atoms with van der Waals surface area (Å²) in [6, 6.07) is 0. The van der Waals surface area contributed by atoms with Gasteiger partial charge in [-0.25, -0.2) is 13.2 Å². The van der Waals surface area contributed by atoms with Gasteiger partial charge in [0.05, 0.1) is 11.9 Å². The summed E-state index contributed by atoms with van der Waals surface area (Å²) in [6.07, 6.45) is 0.903. The van der Waals surface area contributed by atoms with Crippen LogP contribution in [-0.2, 0) is 19.4 Å². The lowest BCUT2D eigenvalue weighted by Gasteiger charge is -2.15. The van der Waals surface area contributed by atoms with E-state index in [1.165, 1.54) is 7.11 Å². The Kier molecular flexibility index (Phi) is 3.66. The minimum atomic E-state index is -3.38. The van der Waals surface area contributed by atoms with E-state index in [2.05, 4.69) is 4.74 Å². The van der Waals surface area contributed by atoms with E-state index in [4.69, 9.17) is 0 Å². The van der Waals surface area contributed by atoms with Gasteiger partial charge < -0.3 is 4.74 Å². The molecule has 0 saturated carbocycles. The van der Waals surface area contributed by atoms with E-state index in [0.717, 1.165) is 11.5 Å². The number of esters is 1. The molecular formula is C8H14O4S. The van der Waals surface area contributed by atoms with Crippen molar-refractivity contribution in [2.45, 2.75) is 25.5 Å². The Morgan fingerprint density at radius 3 is 2.08 bits per heavy atom. The molecule has 0 spiro atoms. The Hall–Kier alpha value is -0.840. The zero-order chi connectivity index (χ0) is 10.7. The molecule has 0 aromatic heterocycles. The van der Waals surface area contributed by atoms with Gasteiger partial charge in [-0.1, -0.05) is 0 Å². The van der Waals surface area contributed by atoms with Crippen molar-refractivity contribution in [1.29, 1.82) is 0 Å². The summed E-state index contributed by atoms with van der Waals surface area (Å²) in [6.45, 7) is 4.68. The molecule has 0 aromatic rings. The number of rotatable bonds is 2. The molecule has 5 heteroatoms. The number of sulfone groups is 1. The van der Waals surface area contributed by atoms with Gasteiger partial charge in [-0.15, -0.1) is 0 Å². The molecule has 0 unspecified atom stereocenters. The van der Waals surface area contributed by atoms with Crippen molar-refractivity contribution in [3.8, 4) is 0 Å². The van der Waals surface area contributed by atoms with Crippen LogP contribution in [0, 0.1) is 0 Å². The van der Waals surface area contributed by atoms with Crippen LogP contribution in [0.4, 0.5) is 0 Å². The van der Waals surface area contributed by atoms with E-state index in [1.807, 2.05) is 0 Å². The first-order valence-electron chi connectivity index (χ1n) is 3.71. The van der Waals surface area contributed by atoms with E-state index < -0.39 is 20.6 Å². The van der Waals surface area contributed by atoms with E-state index in [9.17, 15) is 13.2 Å². The number of carbonyl (C=O) groups is 1. The first-order valence-corrected chi connectivity index (χ1v) is 5.26. The van der Waals surface area contributed by atoms with E-state index in [-0.39, 0.29) is 0 Å². The molecule has 0 radical (unpaired) electrons. The number of carbonyl (C=O) groups excluding carboxylic acids is 1. The van der Waals surface area contributed by atoms with E-state index in [1.54, 1.807) is 20.8 Å². The molecule has 0 atom stereocenters. The predicted octanol–water partition coefficient (Wildman–Crippen LogP) is 0.886. The van der Waals surface area contributed by atoms with Gasteiger partial charge in [-0.2, -0.15) is 0 Å². The van der Waals surface area contributed by atoms with Crippen LogP contribution in [0.2, 0.25) is 0 Å². The summed E-state index contributed by atoms with van der Waals surface area (Å²) < 4.78 is 26.1. The molecule has 13 heavy (non-hydrogen) atoms. The lowest BCUT2D eigenvalue weighted by atomic mass is 10.3. The Balaban J connectivity index is 4.74. The molecule has 0 saturated heterocycles. The van der Waals surface area contributed by atoms with Crippen LogP contribution in [0.1, 0.15) is 20.8 Å². The van der Waals surface area contributed by atoms with Crippen molar-refractivity contribution in [1.82, 2.24) is 0 Å². The average molecular weight is 206 g/mol. The van der Waals surface area contributed by atoms with Crippen LogP contribution in [0.3, 0.4) is 0 Å². The maximum absolute atomic E-state index is 11.4. The quantitative estimate of drug-likeness (QED) is 0.497. The second-order valence-corrected chi connectivity index (χ2v) is 6.07. The molecule has 0 N–H and O–H groups in total. The molecule has 0 bridgehead atoms. The SMILES string of the molecule is COC(=O)/C=C/S(=O)(=O)C(C)(C)C. The Labute approximate surface area is 78.5 Å². The summed E-state index contributed by atoms with van der Waals surface area (Å²) >= 11 is 0. The molecule has 0 aromatic carbocycles. The summed E-state index contributed by atoms with van der Waals surface area (Å²) in [4.78, 5) is 10.6. The van der Waals surface area contributed by atoms with Crippen LogP contribution >= 0.6 is 0 Å². The molecule has 0 amide bonds. The number of ether oxygens (including phenoxy) is 1. The lowest BCUT2D eigenvalue weighted by Crippen LogP contribution is -2.25. The third kappa shape index (κ3) is 3.59. The van der Waals surface area contributed by atoms with Crippen LogP contribution in [-0.4, -0.2) is 26.2 Å². The number of methoxy groups -OCH3 is 1. The fraction of sp³-hybridized carbons (Fsp3) is 0.625. The highest BCUT2D eigenvalue weighted by atomic mass is 32.2. The molecular weight excluding hydrogens is 192 g/mol. The molecule has 0 heterocycles. The summed E-state index contributed by atoms with van der Waals surface area (Å²) in [5, 5.41) is 0.874. The van der Waals surface area contributed by atoms with Crippen molar-refractivity contribution in [3.05, 3.63) is 11.5 Å². The van der Waals surface area contributed by atoms with Crippen molar-refractivity contribution in [3.63, 3.8) is 0 Å². The first-order chi connectivity index (χ1) is 5.70. The van der Waals surface area contributed by atoms with Gasteiger partial charge in [0, 0.05) is 11.5 Å². The third-order valence-corrected chi connectivity index (χ3v) is 3.64. The monoisotopic (exact) mass is 206 g/mol. The number of hydrogen-bond acceptors (Lipinski definition) is 4. The minimum absolute atomic E-state index is 0.673. The van der Waals surface area contributed by atoms with Gasteiger partial charge in [-0.05, 0) is 20.8 Å². The Morgan fingerprint density at radius 2 is 1.77 bits per heavy atom. The largest absolute Gasteiger partial charge is 0.466 e. The fourth-order valence-corrected chi connectivity index (χ4v) is 1.12. The average Bonchev–Trinajstić information content (AvgIpc) is 1.98. The van der Waals surface area contributed by atoms with Gasteiger partial charge in [0.2, 0.25) is 0 Å². The molecule has 0 fully saturated rings. The molecule has 0 rings (SSSR count). The van der Waals surface area contributed by atoms with Gasteiger partial charge in [0.25, 0.3) is 0 Å². The molecule has 0 aliphatic rings. The van der Waals surface area contributed by atoms with Crippen LogP contribution in [0.5, 0.6) is 0 Å². The highest BCUT2D eigenvalue weighted by Gasteiger charge is 2.26. The third-order valence-electron chi connectivity index (χ3n) is 1.44. The standard InChI is InChI=1S/C8H14O4S/c1-8(2,3)13(10,11)6-5-7(9)12-4/h5-6H,1-4H3/b6-5+. The summed E-state index contributed by atoms with van der Waals surface area (Å²) in [5.41, 5.74) is 0. The second kappa shape index (κ2) is 3.91. The normalized spacial score (nSPS) is 13.2. The first kappa shape index (κ1) is 12.2. The van der Waals surface area contributed by atoms with Crippen molar-refractivity contribution in [2.24, 2.45) is 0 Å². The van der Waals surface area contributed by atoms with Gasteiger partial charge >= 0.3 is 5.97 Å². The summed E-state index contributed by atoms with van der Waals surface area (Å²) in [7, 11) is -2.19. The van der Waals surface area contributed by atoms with Crippen LogP contribution < -0.4 is 0 Å². The second-order valence-electron chi connectivity index (χ2n) is 3.48. The van der Waals surface area contributed by atoms with Crippen molar-refractivity contribution < 1.29 is 17.9 Å². The van der Waals surface area contributed by atoms with Crippen LogP contribution in [0.15, 0.2) is 11.5 Å². The predicted molar refractivity (Wildman–Crippen MR) is 49.8 cm³/mol. The topological polar surface area (TPSA) is 60.4 Å². The molecule has 0 aliphatic carbocycles. The summed E-state index contributed by atoms with van der Waals surface area (Å²) in [5.74, 6) is -0.673.